The van der Waals surface area contributed by atoms with E-state index in [4.69, 9.17) is 16.3 Å². The third-order valence-corrected chi connectivity index (χ3v) is 4.24. The molecule has 2 rings (SSSR count). The average molecular weight is 333 g/mol. The number of ether oxygens (including phenoxy) is 1. The van der Waals surface area contributed by atoms with Gasteiger partial charge in [-0.3, -0.25) is 4.72 Å². The van der Waals surface area contributed by atoms with Crippen LogP contribution in [0.4, 0.5) is 11.4 Å². The van der Waals surface area contributed by atoms with E-state index >= 15 is 0 Å². The van der Waals surface area contributed by atoms with Crippen LogP contribution in [0.5, 0.6) is 0 Å². The monoisotopic (exact) mass is 332 g/mol. The smallest absolute Gasteiger partial charge is 0.229 e. The Morgan fingerprint density at radius 3 is 2.38 bits per heavy atom. The summed E-state index contributed by atoms with van der Waals surface area (Å²) in [5, 5.41) is 3.80. The number of hydrogen-bond acceptors (Lipinski definition) is 4. The fourth-order valence-electron chi connectivity index (χ4n) is 2.65. The summed E-state index contributed by atoms with van der Waals surface area (Å²) in [5.41, 5.74) is 1.27. The zero-order chi connectivity index (χ0) is 15.6. The molecule has 1 fully saturated rings. The van der Waals surface area contributed by atoms with Gasteiger partial charge in [-0.05, 0) is 44.9 Å². The van der Waals surface area contributed by atoms with E-state index in [-0.39, 0.29) is 12.2 Å². The minimum Gasteiger partial charge on any atom is -0.382 e. The van der Waals surface area contributed by atoms with E-state index in [1.165, 1.54) is 0 Å². The van der Waals surface area contributed by atoms with E-state index < -0.39 is 10.0 Å². The van der Waals surface area contributed by atoms with Crippen LogP contribution in [-0.4, -0.2) is 32.9 Å². The molecule has 5 nitrogen and oxygen atoms in total. The summed E-state index contributed by atoms with van der Waals surface area (Å²) in [6, 6.07) is 5.55. The quantitative estimate of drug-likeness (QED) is 0.889. The van der Waals surface area contributed by atoms with Crippen LogP contribution in [0.25, 0.3) is 0 Å². The SMILES string of the molecule is CC1CC(Nc2ccc(NS(C)(=O)=O)c(Cl)c2)CC(C)O1. The molecule has 2 atom stereocenters. The predicted molar refractivity (Wildman–Crippen MR) is 86.6 cm³/mol. The standard InChI is InChI=1S/C14H21ClN2O3S/c1-9-6-12(7-10(2)20-9)16-11-4-5-14(13(15)8-11)17-21(3,18)19/h4-5,8-10,12,16-17H,6-7H2,1-3H3. The molecular formula is C14H21ClN2O3S. The lowest BCUT2D eigenvalue weighted by atomic mass is 9.99. The lowest BCUT2D eigenvalue weighted by Gasteiger charge is -2.33. The highest BCUT2D eigenvalue weighted by Crippen LogP contribution is 2.28. The van der Waals surface area contributed by atoms with Gasteiger partial charge in [-0.1, -0.05) is 11.6 Å². The highest BCUT2D eigenvalue weighted by Gasteiger charge is 2.24. The molecule has 1 aliphatic rings. The van der Waals surface area contributed by atoms with Gasteiger partial charge in [-0.25, -0.2) is 8.42 Å². The molecule has 2 N–H and O–H groups in total. The molecule has 1 heterocycles. The Balaban J connectivity index is 2.06. The van der Waals surface area contributed by atoms with E-state index in [1.807, 2.05) is 6.07 Å². The molecule has 0 radical (unpaired) electrons. The number of benzene rings is 1. The van der Waals surface area contributed by atoms with Crippen molar-refractivity contribution in [2.45, 2.75) is 44.9 Å². The van der Waals surface area contributed by atoms with Crippen molar-refractivity contribution in [2.75, 3.05) is 16.3 Å². The van der Waals surface area contributed by atoms with Crippen molar-refractivity contribution in [3.63, 3.8) is 0 Å². The summed E-state index contributed by atoms with van der Waals surface area (Å²) in [6.45, 7) is 4.13. The summed E-state index contributed by atoms with van der Waals surface area (Å²) in [5.74, 6) is 0. The molecule has 2 unspecified atom stereocenters. The van der Waals surface area contributed by atoms with Gasteiger partial charge in [0.1, 0.15) is 0 Å². The van der Waals surface area contributed by atoms with E-state index in [2.05, 4.69) is 23.9 Å². The molecule has 1 aromatic carbocycles. The summed E-state index contributed by atoms with van der Waals surface area (Å²) < 4.78 is 30.6. The Bertz CT molecular complexity index is 596. The Morgan fingerprint density at radius 1 is 1.24 bits per heavy atom. The minimum atomic E-state index is -3.33. The average Bonchev–Trinajstić information content (AvgIpc) is 2.30. The largest absolute Gasteiger partial charge is 0.382 e. The topological polar surface area (TPSA) is 67.4 Å². The van der Waals surface area contributed by atoms with E-state index in [9.17, 15) is 8.42 Å². The second-order valence-electron chi connectivity index (χ2n) is 5.64. The number of halogens is 1. The van der Waals surface area contributed by atoms with Crippen molar-refractivity contribution in [3.8, 4) is 0 Å². The summed E-state index contributed by atoms with van der Waals surface area (Å²) in [6.07, 6.45) is 3.43. The first kappa shape index (κ1) is 16.4. The maximum Gasteiger partial charge on any atom is 0.229 e. The number of anilines is 2. The number of rotatable bonds is 4. The van der Waals surface area contributed by atoms with Crippen molar-refractivity contribution in [1.82, 2.24) is 0 Å². The maximum absolute atomic E-state index is 11.2. The first-order chi connectivity index (χ1) is 9.73. The first-order valence-corrected chi connectivity index (χ1v) is 9.19. The molecule has 0 aromatic heterocycles. The molecule has 1 saturated heterocycles. The molecule has 118 valence electrons. The molecular weight excluding hydrogens is 312 g/mol. The summed E-state index contributed by atoms with van der Waals surface area (Å²) in [4.78, 5) is 0. The van der Waals surface area contributed by atoms with Gasteiger partial charge in [-0.15, -0.1) is 0 Å². The molecule has 1 aliphatic heterocycles. The van der Waals surface area contributed by atoms with Crippen LogP contribution in [0.15, 0.2) is 18.2 Å². The molecule has 0 aliphatic carbocycles. The van der Waals surface area contributed by atoms with E-state index in [0.29, 0.717) is 16.8 Å². The Hall–Kier alpha value is -0.980. The van der Waals surface area contributed by atoms with E-state index in [1.54, 1.807) is 12.1 Å². The van der Waals surface area contributed by atoms with Gasteiger partial charge in [0.15, 0.2) is 0 Å². The lowest BCUT2D eigenvalue weighted by molar-refractivity contribution is -0.0337. The predicted octanol–water partition coefficient (Wildman–Crippen LogP) is 3.08. The zero-order valence-corrected chi connectivity index (χ0v) is 14.0. The second-order valence-corrected chi connectivity index (χ2v) is 7.79. The van der Waals surface area contributed by atoms with Gasteiger partial charge >= 0.3 is 0 Å². The summed E-state index contributed by atoms with van der Waals surface area (Å²) >= 11 is 6.12. The van der Waals surface area contributed by atoms with Gasteiger partial charge in [-0.2, -0.15) is 0 Å². The van der Waals surface area contributed by atoms with Crippen LogP contribution in [0.1, 0.15) is 26.7 Å². The second kappa shape index (κ2) is 6.42. The summed E-state index contributed by atoms with van der Waals surface area (Å²) in [7, 11) is -3.33. The molecule has 0 saturated carbocycles. The van der Waals surface area contributed by atoms with Gasteiger partial charge < -0.3 is 10.1 Å². The number of sulfonamides is 1. The Labute approximate surface area is 131 Å². The molecule has 0 spiro atoms. The third-order valence-electron chi connectivity index (χ3n) is 3.33. The highest BCUT2D eigenvalue weighted by atomic mass is 35.5. The molecule has 0 bridgehead atoms. The van der Waals surface area contributed by atoms with Crippen molar-refractivity contribution in [3.05, 3.63) is 23.2 Å². The van der Waals surface area contributed by atoms with Crippen LogP contribution in [-0.2, 0) is 14.8 Å². The molecule has 0 amide bonds. The minimum absolute atomic E-state index is 0.230. The lowest BCUT2D eigenvalue weighted by Crippen LogP contribution is -2.36. The van der Waals surface area contributed by atoms with Crippen molar-refractivity contribution >= 4 is 33.0 Å². The van der Waals surface area contributed by atoms with Crippen molar-refractivity contribution in [2.24, 2.45) is 0 Å². The zero-order valence-electron chi connectivity index (χ0n) is 12.4. The first-order valence-electron chi connectivity index (χ1n) is 6.92. The van der Waals surface area contributed by atoms with E-state index in [0.717, 1.165) is 24.8 Å². The van der Waals surface area contributed by atoms with Crippen LogP contribution in [0, 0.1) is 0 Å². The molecule has 7 heteroatoms. The van der Waals surface area contributed by atoms with Gasteiger partial charge in [0.05, 0.1) is 29.2 Å². The van der Waals surface area contributed by atoms with Gasteiger partial charge in [0.2, 0.25) is 10.0 Å². The van der Waals surface area contributed by atoms with Crippen LogP contribution >= 0.6 is 11.6 Å². The van der Waals surface area contributed by atoms with Crippen molar-refractivity contribution < 1.29 is 13.2 Å². The number of nitrogens with one attached hydrogen (secondary N) is 2. The normalized spacial score (nSPS) is 26.4. The third kappa shape index (κ3) is 5.05. The molecule has 1 aromatic rings. The maximum atomic E-state index is 11.2. The fourth-order valence-corrected chi connectivity index (χ4v) is 3.51. The number of hydrogen-bond donors (Lipinski definition) is 2. The van der Waals surface area contributed by atoms with Gasteiger partial charge in [0.25, 0.3) is 0 Å². The fraction of sp³-hybridized carbons (Fsp3) is 0.571. The van der Waals surface area contributed by atoms with Crippen LogP contribution < -0.4 is 10.0 Å². The Morgan fingerprint density at radius 2 is 1.86 bits per heavy atom. The van der Waals surface area contributed by atoms with Gasteiger partial charge in [0, 0.05) is 11.7 Å². The van der Waals surface area contributed by atoms with Crippen LogP contribution in [0.3, 0.4) is 0 Å². The van der Waals surface area contributed by atoms with Crippen molar-refractivity contribution in [1.29, 1.82) is 0 Å². The Kier molecular flexibility index (Phi) is 5.01. The highest BCUT2D eigenvalue weighted by molar-refractivity contribution is 7.92. The molecule has 21 heavy (non-hydrogen) atoms. The van der Waals surface area contributed by atoms with Crippen LogP contribution in [0.2, 0.25) is 5.02 Å².